The Morgan fingerprint density at radius 2 is 1.74 bits per heavy atom. The van der Waals surface area contributed by atoms with Crippen molar-refractivity contribution in [1.29, 1.82) is 0 Å². The molecule has 4 amide bonds. The van der Waals surface area contributed by atoms with Gasteiger partial charge in [-0.2, -0.15) is 11.8 Å². The number of carbonyl (C=O) groups is 3. The predicted octanol–water partition coefficient (Wildman–Crippen LogP) is 2.97. The lowest BCUT2D eigenvalue weighted by atomic mass is 10.1. The molecule has 1 saturated heterocycles. The highest BCUT2D eigenvalue weighted by molar-refractivity contribution is 7.98. The van der Waals surface area contributed by atoms with E-state index in [2.05, 4.69) is 10.6 Å². The number of hydrogen-bond donors (Lipinski definition) is 2. The fourth-order valence-electron chi connectivity index (χ4n) is 2.88. The monoisotopic (exact) mass is 383 g/mol. The smallest absolute Gasteiger partial charge is 0.325 e. The number of rotatable bonds is 7. The number of urea groups is 1. The zero-order valence-electron chi connectivity index (χ0n) is 15.0. The molecule has 0 radical (unpaired) electrons. The number of anilines is 1. The third-order valence-corrected chi connectivity index (χ3v) is 4.94. The van der Waals surface area contributed by atoms with E-state index in [4.69, 9.17) is 0 Å². The van der Waals surface area contributed by atoms with Crippen LogP contribution in [0.2, 0.25) is 0 Å². The minimum atomic E-state index is -0.539. The number of hydrogen-bond acceptors (Lipinski definition) is 4. The first-order chi connectivity index (χ1) is 13.1. The first-order valence-electron chi connectivity index (χ1n) is 8.64. The molecule has 2 aromatic carbocycles. The van der Waals surface area contributed by atoms with Crippen LogP contribution in [0.4, 0.5) is 10.5 Å². The Hall–Kier alpha value is -2.80. The summed E-state index contributed by atoms with van der Waals surface area (Å²) in [5, 5.41) is 5.36. The van der Waals surface area contributed by atoms with Crippen molar-refractivity contribution in [3.63, 3.8) is 0 Å². The average molecular weight is 383 g/mol. The second-order valence-electron chi connectivity index (χ2n) is 6.20. The molecule has 7 heteroatoms. The maximum Gasteiger partial charge on any atom is 0.325 e. The molecule has 140 valence electrons. The predicted molar refractivity (Wildman–Crippen MR) is 108 cm³/mol. The number of carbonyl (C=O) groups excluding carboxylic acids is 3. The van der Waals surface area contributed by atoms with Gasteiger partial charge in [-0.05, 0) is 41.7 Å². The summed E-state index contributed by atoms with van der Waals surface area (Å²) in [6.07, 6.45) is 2.50. The Bertz CT molecular complexity index is 824. The van der Waals surface area contributed by atoms with E-state index in [0.717, 1.165) is 21.8 Å². The van der Waals surface area contributed by atoms with Crippen LogP contribution in [-0.2, 0) is 9.59 Å². The molecule has 3 rings (SSSR count). The molecule has 1 aliphatic heterocycles. The Kier molecular flexibility index (Phi) is 6.13. The fourth-order valence-corrected chi connectivity index (χ4v) is 3.35. The fraction of sp³-hybridized carbons (Fsp3) is 0.250. The number of nitrogens with zero attached hydrogens (tertiary/aromatic N) is 1. The molecular weight excluding hydrogens is 362 g/mol. The van der Waals surface area contributed by atoms with Crippen molar-refractivity contribution in [3.8, 4) is 11.1 Å². The molecule has 0 aliphatic carbocycles. The highest BCUT2D eigenvalue weighted by atomic mass is 32.2. The highest BCUT2D eigenvalue weighted by Crippen LogP contribution is 2.21. The van der Waals surface area contributed by atoms with Gasteiger partial charge >= 0.3 is 6.03 Å². The topological polar surface area (TPSA) is 78.5 Å². The SMILES string of the molecule is CSCC[C@H]1NC(=O)N(CC(=O)Nc2ccc(-c3ccccc3)cc2)C1=O. The van der Waals surface area contributed by atoms with Crippen LogP contribution in [0.5, 0.6) is 0 Å². The number of amides is 4. The van der Waals surface area contributed by atoms with E-state index in [1.807, 2.05) is 48.7 Å². The van der Waals surface area contributed by atoms with Gasteiger partial charge in [0.1, 0.15) is 12.6 Å². The van der Waals surface area contributed by atoms with Gasteiger partial charge in [0.25, 0.3) is 5.91 Å². The van der Waals surface area contributed by atoms with Crippen LogP contribution >= 0.6 is 11.8 Å². The molecule has 2 N–H and O–H groups in total. The molecule has 1 atom stereocenters. The zero-order chi connectivity index (χ0) is 19.2. The number of imide groups is 1. The van der Waals surface area contributed by atoms with Crippen molar-refractivity contribution in [2.75, 3.05) is 23.9 Å². The molecule has 1 fully saturated rings. The van der Waals surface area contributed by atoms with Gasteiger partial charge in [0.2, 0.25) is 5.91 Å². The maximum atomic E-state index is 12.3. The molecule has 0 spiro atoms. The van der Waals surface area contributed by atoms with Crippen LogP contribution in [0.15, 0.2) is 54.6 Å². The van der Waals surface area contributed by atoms with Gasteiger partial charge in [-0.15, -0.1) is 0 Å². The number of thioether (sulfide) groups is 1. The van der Waals surface area contributed by atoms with Gasteiger partial charge in [0.05, 0.1) is 0 Å². The van der Waals surface area contributed by atoms with Gasteiger partial charge in [0, 0.05) is 5.69 Å². The first kappa shape index (κ1) is 19.0. The van der Waals surface area contributed by atoms with E-state index in [9.17, 15) is 14.4 Å². The molecular formula is C20H21N3O3S. The Morgan fingerprint density at radius 3 is 2.41 bits per heavy atom. The molecule has 0 saturated carbocycles. The van der Waals surface area contributed by atoms with Gasteiger partial charge in [-0.25, -0.2) is 4.79 Å². The van der Waals surface area contributed by atoms with Gasteiger partial charge in [-0.3, -0.25) is 14.5 Å². The maximum absolute atomic E-state index is 12.3. The second-order valence-corrected chi connectivity index (χ2v) is 7.19. The van der Waals surface area contributed by atoms with E-state index in [0.29, 0.717) is 12.1 Å². The summed E-state index contributed by atoms with van der Waals surface area (Å²) in [6.45, 7) is -0.291. The highest BCUT2D eigenvalue weighted by Gasteiger charge is 2.38. The molecule has 0 aromatic heterocycles. The molecule has 27 heavy (non-hydrogen) atoms. The Balaban J connectivity index is 1.58. The van der Waals surface area contributed by atoms with Crippen molar-refractivity contribution < 1.29 is 14.4 Å². The van der Waals surface area contributed by atoms with Crippen LogP contribution in [0.25, 0.3) is 11.1 Å². The van der Waals surface area contributed by atoms with Gasteiger partial charge < -0.3 is 10.6 Å². The van der Waals surface area contributed by atoms with Gasteiger partial charge in [0.15, 0.2) is 0 Å². The van der Waals surface area contributed by atoms with Crippen LogP contribution in [0, 0.1) is 0 Å². The Labute approximate surface area is 162 Å². The summed E-state index contributed by atoms with van der Waals surface area (Å²) in [5.74, 6) is 0.0184. The summed E-state index contributed by atoms with van der Waals surface area (Å²) in [7, 11) is 0. The average Bonchev–Trinajstić information content (AvgIpc) is 2.95. The normalized spacial score (nSPS) is 16.3. The largest absolute Gasteiger partial charge is 0.326 e. The second kappa shape index (κ2) is 8.73. The number of benzene rings is 2. The summed E-state index contributed by atoms with van der Waals surface area (Å²) >= 11 is 1.61. The molecule has 1 aliphatic rings. The lowest BCUT2D eigenvalue weighted by Crippen LogP contribution is -2.38. The summed E-state index contributed by atoms with van der Waals surface area (Å²) in [4.78, 5) is 37.4. The van der Waals surface area contributed by atoms with Crippen LogP contribution < -0.4 is 10.6 Å². The van der Waals surface area contributed by atoms with Crippen molar-refractivity contribution >= 4 is 35.3 Å². The molecule has 6 nitrogen and oxygen atoms in total. The van der Waals surface area contributed by atoms with Crippen molar-refractivity contribution in [2.45, 2.75) is 12.5 Å². The standard InChI is InChI=1S/C20H21N3O3S/c1-27-12-11-17-19(25)23(20(26)22-17)13-18(24)21-16-9-7-15(8-10-16)14-5-3-2-4-6-14/h2-10,17H,11-13H2,1H3,(H,21,24)(H,22,26)/t17-/m1/s1. The molecule has 0 unspecified atom stereocenters. The van der Waals surface area contributed by atoms with E-state index in [1.54, 1.807) is 23.9 Å². The third kappa shape index (κ3) is 4.68. The lowest BCUT2D eigenvalue weighted by Gasteiger charge is -2.13. The first-order valence-corrected chi connectivity index (χ1v) is 10.0. The molecule has 1 heterocycles. The zero-order valence-corrected chi connectivity index (χ0v) is 15.8. The minimum absolute atomic E-state index is 0.291. The van der Waals surface area contributed by atoms with Crippen LogP contribution in [0.3, 0.4) is 0 Å². The summed E-state index contributed by atoms with van der Waals surface area (Å²) in [6, 6.07) is 16.3. The van der Waals surface area contributed by atoms with Gasteiger partial charge in [-0.1, -0.05) is 42.5 Å². The lowest BCUT2D eigenvalue weighted by molar-refractivity contribution is -0.130. The summed E-state index contributed by atoms with van der Waals surface area (Å²) in [5.41, 5.74) is 2.75. The quantitative estimate of drug-likeness (QED) is 0.721. The van der Waals surface area contributed by atoms with Crippen molar-refractivity contribution in [3.05, 3.63) is 54.6 Å². The molecule has 2 aromatic rings. The Morgan fingerprint density at radius 1 is 1.07 bits per heavy atom. The van der Waals surface area contributed by atoms with E-state index < -0.39 is 18.0 Å². The van der Waals surface area contributed by atoms with Crippen molar-refractivity contribution in [2.24, 2.45) is 0 Å². The van der Waals surface area contributed by atoms with E-state index in [-0.39, 0.29) is 12.5 Å². The summed E-state index contributed by atoms with van der Waals surface area (Å²) < 4.78 is 0. The minimum Gasteiger partial charge on any atom is -0.326 e. The van der Waals surface area contributed by atoms with Crippen molar-refractivity contribution in [1.82, 2.24) is 10.2 Å². The van der Waals surface area contributed by atoms with E-state index >= 15 is 0 Å². The molecule has 0 bridgehead atoms. The number of nitrogens with one attached hydrogen (secondary N) is 2. The van der Waals surface area contributed by atoms with Crippen LogP contribution in [-0.4, -0.2) is 47.3 Å². The van der Waals surface area contributed by atoms with E-state index in [1.165, 1.54) is 0 Å². The van der Waals surface area contributed by atoms with Crippen LogP contribution in [0.1, 0.15) is 6.42 Å². The third-order valence-electron chi connectivity index (χ3n) is 4.30.